The third-order valence-electron chi connectivity index (χ3n) is 6.85. The first-order chi connectivity index (χ1) is 17.1. The Bertz CT molecular complexity index is 1190. The van der Waals surface area contributed by atoms with Crippen molar-refractivity contribution in [2.24, 2.45) is 0 Å². The molecule has 5 rings (SSSR count). The molecule has 0 radical (unpaired) electrons. The van der Waals surface area contributed by atoms with E-state index >= 15 is 0 Å². The predicted molar refractivity (Wildman–Crippen MR) is 143 cm³/mol. The van der Waals surface area contributed by atoms with Gasteiger partial charge in [-0.2, -0.15) is 0 Å². The normalized spacial score (nSPS) is 15.8. The van der Waals surface area contributed by atoms with Crippen LogP contribution in [0.4, 0.5) is 11.5 Å². The molecule has 2 aliphatic heterocycles. The summed E-state index contributed by atoms with van der Waals surface area (Å²) in [5.41, 5.74) is 7.76. The Morgan fingerprint density at radius 2 is 1.71 bits per heavy atom. The van der Waals surface area contributed by atoms with Crippen LogP contribution in [0.25, 0.3) is 22.8 Å². The topological polar surface area (TPSA) is 72.6 Å². The number of likely N-dealkylation sites (N-methyl/N-ethyl adjacent to an activating group) is 1. The van der Waals surface area contributed by atoms with E-state index < -0.39 is 0 Å². The van der Waals surface area contributed by atoms with Gasteiger partial charge in [0, 0.05) is 75.0 Å². The van der Waals surface area contributed by atoms with E-state index in [9.17, 15) is 4.79 Å². The molecular weight excluding hydrogens is 438 g/mol. The fourth-order valence-corrected chi connectivity index (χ4v) is 4.68. The van der Waals surface area contributed by atoms with E-state index in [4.69, 9.17) is 4.74 Å². The molecule has 0 spiro atoms. The number of nitrogens with one attached hydrogen (secondary N) is 3. The SMILES string of the molecule is COCCNC(=O)c1ccc(-c2c[nH]c3c2C=C(c2ccc(N4CCN(C)CC4)cc2)CN3)cc1. The molecule has 3 N–H and O–H groups in total. The van der Waals surface area contributed by atoms with Crippen molar-refractivity contribution < 1.29 is 9.53 Å². The summed E-state index contributed by atoms with van der Waals surface area (Å²) in [6.07, 6.45) is 4.30. The van der Waals surface area contributed by atoms with Gasteiger partial charge in [0.2, 0.25) is 0 Å². The van der Waals surface area contributed by atoms with Crippen molar-refractivity contribution in [1.29, 1.82) is 0 Å². The third-order valence-corrected chi connectivity index (χ3v) is 6.85. The number of benzene rings is 2. The molecule has 0 aliphatic carbocycles. The second kappa shape index (κ2) is 10.4. The predicted octanol–water partition coefficient (Wildman–Crippen LogP) is 3.78. The van der Waals surface area contributed by atoms with Gasteiger partial charge in [0.15, 0.2) is 0 Å². The van der Waals surface area contributed by atoms with E-state index in [1.165, 1.54) is 16.8 Å². The van der Waals surface area contributed by atoms with Gasteiger partial charge in [0.05, 0.1) is 6.61 Å². The van der Waals surface area contributed by atoms with Crippen LogP contribution < -0.4 is 15.5 Å². The van der Waals surface area contributed by atoms with Gasteiger partial charge in [-0.25, -0.2) is 0 Å². The zero-order valence-corrected chi connectivity index (χ0v) is 20.4. The smallest absolute Gasteiger partial charge is 0.251 e. The summed E-state index contributed by atoms with van der Waals surface area (Å²) in [6.45, 7) is 6.14. The van der Waals surface area contributed by atoms with Gasteiger partial charge in [-0.05, 0) is 54.1 Å². The lowest BCUT2D eigenvalue weighted by atomic mass is 9.96. The fraction of sp³-hybridized carbons (Fsp3) is 0.321. The maximum Gasteiger partial charge on any atom is 0.251 e. The number of carbonyl (C=O) groups excluding carboxylic acids is 1. The number of anilines is 2. The Labute approximate surface area is 206 Å². The molecule has 0 unspecified atom stereocenters. The maximum atomic E-state index is 12.3. The second-order valence-electron chi connectivity index (χ2n) is 9.18. The number of fused-ring (bicyclic) bond motifs is 1. The molecule has 0 saturated carbocycles. The zero-order chi connectivity index (χ0) is 24.2. The number of rotatable bonds is 7. The average Bonchev–Trinajstić information content (AvgIpc) is 3.33. The number of hydrogen-bond acceptors (Lipinski definition) is 5. The van der Waals surface area contributed by atoms with E-state index in [0.717, 1.165) is 55.2 Å². The van der Waals surface area contributed by atoms with Crippen LogP contribution in [-0.4, -0.2) is 75.8 Å². The molecule has 1 aromatic heterocycles. The number of aromatic nitrogens is 1. The number of ether oxygens (including phenoxy) is 1. The molecule has 7 nitrogen and oxygen atoms in total. The standard InChI is InChI=1S/C28H33N5O2/c1-32-12-14-33(15-13-32)24-9-7-20(8-10-24)23-17-25-26(19-31-27(25)30-18-23)21-3-5-22(6-4-21)28(34)29-11-16-35-2/h3-10,17,19,30-31H,11-16,18H2,1-2H3,(H,29,34). The van der Waals surface area contributed by atoms with Crippen LogP contribution in [0, 0.1) is 0 Å². The third kappa shape index (κ3) is 5.11. The van der Waals surface area contributed by atoms with Gasteiger partial charge in [0.25, 0.3) is 5.91 Å². The number of hydrogen-bond donors (Lipinski definition) is 3. The number of amides is 1. The summed E-state index contributed by atoms with van der Waals surface area (Å²) in [4.78, 5) is 20.5. The highest BCUT2D eigenvalue weighted by atomic mass is 16.5. The lowest BCUT2D eigenvalue weighted by Crippen LogP contribution is -2.44. The van der Waals surface area contributed by atoms with E-state index in [1.807, 2.05) is 30.5 Å². The molecule has 3 aromatic rings. The molecule has 1 saturated heterocycles. The highest BCUT2D eigenvalue weighted by Crippen LogP contribution is 2.36. The first-order valence-electron chi connectivity index (χ1n) is 12.2. The lowest BCUT2D eigenvalue weighted by molar-refractivity contribution is 0.0937. The molecule has 182 valence electrons. The first kappa shape index (κ1) is 23.2. The minimum atomic E-state index is -0.0893. The number of aromatic amines is 1. The number of H-pyrrole nitrogens is 1. The Morgan fingerprint density at radius 3 is 2.43 bits per heavy atom. The highest BCUT2D eigenvalue weighted by molar-refractivity contribution is 5.97. The van der Waals surface area contributed by atoms with Gasteiger partial charge >= 0.3 is 0 Å². The summed E-state index contributed by atoms with van der Waals surface area (Å²) in [5.74, 6) is 0.938. The summed E-state index contributed by atoms with van der Waals surface area (Å²) in [6, 6.07) is 16.7. The molecule has 1 fully saturated rings. The van der Waals surface area contributed by atoms with Crippen LogP contribution >= 0.6 is 0 Å². The Kier molecular flexibility index (Phi) is 6.88. The van der Waals surface area contributed by atoms with Gasteiger partial charge in [-0.3, -0.25) is 4.79 Å². The minimum absolute atomic E-state index is 0.0893. The van der Waals surface area contributed by atoms with Crippen LogP contribution in [0.5, 0.6) is 0 Å². The highest BCUT2D eigenvalue weighted by Gasteiger charge is 2.19. The second-order valence-corrected chi connectivity index (χ2v) is 9.18. The van der Waals surface area contributed by atoms with Crippen molar-refractivity contribution >= 4 is 29.1 Å². The summed E-state index contributed by atoms with van der Waals surface area (Å²) < 4.78 is 4.99. The van der Waals surface area contributed by atoms with Crippen molar-refractivity contribution in [2.75, 3.05) is 70.2 Å². The zero-order valence-electron chi connectivity index (χ0n) is 20.4. The molecule has 1 amide bonds. The molecule has 35 heavy (non-hydrogen) atoms. The summed E-state index contributed by atoms with van der Waals surface area (Å²) in [7, 11) is 3.80. The van der Waals surface area contributed by atoms with E-state index in [1.54, 1.807) is 7.11 Å². The Hall–Kier alpha value is -3.55. The number of methoxy groups -OCH3 is 1. The van der Waals surface area contributed by atoms with Crippen molar-refractivity contribution in [1.82, 2.24) is 15.2 Å². The van der Waals surface area contributed by atoms with Crippen molar-refractivity contribution in [3.05, 3.63) is 71.4 Å². The van der Waals surface area contributed by atoms with Crippen LogP contribution in [-0.2, 0) is 4.74 Å². The molecule has 3 heterocycles. The minimum Gasteiger partial charge on any atom is -0.383 e. The van der Waals surface area contributed by atoms with Crippen molar-refractivity contribution in [3.63, 3.8) is 0 Å². The molecule has 7 heteroatoms. The van der Waals surface area contributed by atoms with E-state index in [2.05, 4.69) is 62.8 Å². The fourth-order valence-electron chi connectivity index (χ4n) is 4.68. The van der Waals surface area contributed by atoms with Gasteiger partial charge in [0.1, 0.15) is 5.82 Å². The van der Waals surface area contributed by atoms with Crippen LogP contribution in [0.1, 0.15) is 21.5 Å². The summed E-state index contributed by atoms with van der Waals surface area (Å²) in [5, 5.41) is 6.39. The van der Waals surface area contributed by atoms with Crippen LogP contribution in [0.15, 0.2) is 54.7 Å². The van der Waals surface area contributed by atoms with E-state index in [-0.39, 0.29) is 5.91 Å². The number of nitrogens with zero attached hydrogens (tertiary/aromatic N) is 2. The Balaban J connectivity index is 1.32. The maximum absolute atomic E-state index is 12.3. The van der Waals surface area contributed by atoms with Gasteiger partial charge < -0.3 is 30.2 Å². The van der Waals surface area contributed by atoms with Crippen LogP contribution in [0.3, 0.4) is 0 Å². The van der Waals surface area contributed by atoms with Crippen molar-refractivity contribution in [3.8, 4) is 11.1 Å². The summed E-state index contributed by atoms with van der Waals surface area (Å²) >= 11 is 0. The van der Waals surface area contributed by atoms with Gasteiger partial charge in [-0.1, -0.05) is 24.3 Å². The van der Waals surface area contributed by atoms with Crippen LogP contribution in [0.2, 0.25) is 0 Å². The van der Waals surface area contributed by atoms with Gasteiger partial charge in [-0.15, -0.1) is 0 Å². The first-order valence-corrected chi connectivity index (χ1v) is 12.2. The number of carbonyl (C=O) groups is 1. The molecule has 2 aliphatic rings. The molecular formula is C28H33N5O2. The Morgan fingerprint density at radius 1 is 1.00 bits per heavy atom. The number of piperazine rings is 1. The lowest BCUT2D eigenvalue weighted by Gasteiger charge is -2.34. The molecule has 0 bridgehead atoms. The average molecular weight is 472 g/mol. The quantitative estimate of drug-likeness (QED) is 0.458. The van der Waals surface area contributed by atoms with E-state index in [0.29, 0.717) is 18.7 Å². The largest absolute Gasteiger partial charge is 0.383 e. The van der Waals surface area contributed by atoms with Crippen molar-refractivity contribution in [2.45, 2.75) is 0 Å². The monoisotopic (exact) mass is 471 g/mol. The molecule has 0 atom stereocenters. The molecule has 2 aromatic carbocycles.